The van der Waals surface area contributed by atoms with Gasteiger partial charge in [0.05, 0.1) is 0 Å². The third-order valence-electron chi connectivity index (χ3n) is 6.40. The maximum absolute atomic E-state index is 5.39. The summed E-state index contributed by atoms with van der Waals surface area (Å²) in [4.78, 5) is 0. The van der Waals surface area contributed by atoms with Crippen molar-refractivity contribution < 1.29 is 0 Å². The maximum atomic E-state index is 5.39. The summed E-state index contributed by atoms with van der Waals surface area (Å²) in [6, 6.07) is 1.13. The summed E-state index contributed by atoms with van der Waals surface area (Å²) >= 11 is 10.8. The second-order valence-electron chi connectivity index (χ2n) is 7.76. The van der Waals surface area contributed by atoms with E-state index in [0.29, 0.717) is 22.3 Å². The quantitative estimate of drug-likeness (QED) is 0.457. The van der Waals surface area contributed by atoms with Crippen LogP contribution in [0.5, 0.6) is 0 Å². The van der Waals surface area contributed by atoms with Gasteiger partial charge < -0.3 is 10.6 Å². The van der Waals surface area contributed by atoms with Crippen molar-refractivity contribution in [3.05, 3.63) is 0 Å². The molecule has 122 valence electrons. The van der Waals surface area contributed by atoms with Crippen molar-refractivity contribution in [1.82, 2.24) is 21.5 Å². The van der Waals surface area contributed by atoms with Crippen LogP contribution in [-0.2, 0) is 0 Å². The van der Waals surface area contributed by atoms with Gasteiger partial charge in [0.2, 0.25) is 0 Å². The number of rotatable bonds is 2. The second-order valence-corrected chi connectivity index (χ2v) is 8.58. The topological polar surface area (TPSA) is 48.1 Å². The summed E-state index contributed by atoms with van der Waals surface area (Å²) in [5, 5.41) is 8.26. The molecule has 0 aromatic carbocycles. The molecular formula is C16H26N4S2. The summed E-state index contributed by atoms with van der Waals surface area (Å²) in [5.41, 5.74) is 6.11. The standard InChI is InChI=1S/C16H26N4S2/c21-15(17-13-7-9-1-3-11(13)5-9)19-20-16(22)18-14-8-10-2-4-12(14)6-10/h9-14H,1-8H2,(H2,17,19,21)(H2,18,20,22)/t9-,10-,11-,12+,13-,14+/m1/s1. The summed E-state index contributed by atoms with van der Waals surface area (Å²) in [6.45, 7) is 0. The molecule has 0 heterocycles. The minimum absolute atomic E-state index is 0.563. The zero-order chi connectivity index (χ0) is 15.1. The van der Waals surface area contributed by atoms with E-state index < -0.39 is 0 Å². The smallest absolute Gasteiger partial charge is 0.185 e. The summed E-state index contributed by atoms with van der Waals surface area (Å²) < 4.78 is 0. The Bertz CT molecular complexity index is 427. The summed E-state index contributed by atoms with van der Waals surface area (Å²) in [6.07, 6.45) is 10.9. The lowest BCUT2D eigenvalue weighted by Crippen LogP contribution is -2.54. The Hall–Kier alpha value is -0.620. The Labute approximate surface area is 143 Å². The van der Waals surface area contributed by atoms with Gasteiger partial charge >= 0.3 is 0 Å². The molecule has 4 nitrogen and oxygen atoms in total. The van der Waals surface area contributed by atoms with Crippen molar-refractivity contribution in [1.29, 1.82) is 0 Å². The van der Waals surface area contributed by atoms with Gasteiger partial charge in [-0.05, 0) is 86.6 Å². The number of hydrogen-bond acceptors (Lipinski definition) is 2. The van der Waals surface area contributed by atoms with Crippen LogP contribution in [0.1, 0.15) is 51.4 Å². The van der Waals surface area contributed by atoms with E-state index in [9.17, 15) is 0 Å². The molecule has 0 unspecified atom stereocenters. The van der Waals surface area contributed by atoms with Gasteiger partial charge in [0, 0.05) is 12.1 Å². The fourth-order valence-electron chi connectivity index (χ4n) is 5.37. The number of fused-ring (bicyclic) bond motifs is 4. The van der Waals surface area contributed by atoms with Gasteiger partial charge in [0.1, 0.15) is 0 Å². The first-order chi connectivity index (χ1) is 10.7. The Morgan fingerprint density at radius 1 is 0.636 bits per heavy atom. The van der Waals surface area contributed by atoms with Crippen molar-refractivity contribution in [2.75, 3.05) is 0 Å². The van der Waals surface area contributed by atoms with E-state index in [1.807, 2.05) is 0 Å². The maximum Gasteiger partial charge on any atom is 0.185 e. The Balaban J connectivity index is 1.16. The van der Waals surface area contributed by atoms with Crippen LogP contribution in [0.15, 0.2) is 0 Å². The summed E-state index contributed by atoms with van der Waals surface area (Å²) in [7, 11) is 0. The Morgan fingerprint density at radius 3 is 1.41 bits per heavy atom. The molecule has 0 saturated heterocycles. The number of thiocarbonyl (C=S) groups is 2. The van der Waals surface area contributed by atoms with Gasteiger partial charge in [-0.3, -0.25) is 10.9 Å². The van der Waals surface area contributed by atoms with Gasteiger partial charge in [0.25, 0.3) is 0 Å². The van der Waals surface area contributed by atoms with E-state index in [2.05, 4.69) is 21.5 Å². The predicted molar refractivity (Wildman–Crippen MR) is 96.2 cm³/mol. The highest BCUT2D eigenvalue weighted by molar-refractivity contribution is 7.80. The second kappa shape index (κ2) is 6.11. The van der Waals surface area contributed by atoms with Crippen molar-refractivity contribution in [3.63, 3.8) is 0 Å². The molecule has 0 spiro atoms. The minimum Gasteiger partial charge on any atom is -0.358 e. The summed E-state index contributed by atoms with van der Waals surface area (Å²) in [5.74, 6) is 3.50. The first-order valence-corrected chi connectivity index (χ1v) is 9.62. The lowest BCUT2D eigenvalue weighted by molar-refractivity contribution is 0.385. The molecule has 6 atom stereocenters. The Morgan fingerprint density at radius 2 is 1.09 bits per heavy atom. The zero-order valence-corrected chi connectivity index (χ0v) is 14.6. The van der Waals surface area contributed by atoms with Crippen molar-refractivity contribution in [2.45, 2.75) is 63.5 Å². The van der Waals surface area contributed by atoms with Crippen LogP contribution in [0.25, 0.3) is 0 Å². The first kappa shape index (κ1) is 14.9. The number of nitrogens with one attached hydrogen (secondary N) is 4. The molecule has 4 fully saturated rings. The van der Waals surface area contributed by atoms with Gasteiger partial charge in [0.15, 0.2) is 10.2 Å². The largest absolute Gasteiger partial charge is 0.358 e. The molecule has 4 bridgehead atoms. The molecule has 0 aromatic heterocycles. The average Bonchev–Trinajstić information content (AvgIpc) is 3.25. The van der Waals surface area contributed by atoms with Gasteiger partial charge in [-0.15, -0.1) is 0 Å². The van der Waals surface area contributed by atoms with Crippen molar-refractivity contribution in [2.24, 2.45) is 23.7 Å². The third-order valence-corrected chi connectivity index (χ3v) is 6.84. The molecule has 4 rings (SSSR count). The highest BCUT2D eigenvalue weighted by Crippen LogP contribution is 2.45. The monoisotopic (exact) mass is 338 g/mol. The van der Waals surface area contributed by atoms with Crippen LogP contribution >= 0.6 is 24.4 Å². The van der Waals surface area contributed by atoms with Crippen LogP contribution in [0.4, 0.5) is 0 Å². The highest BCUT2D eigenvalue weighted by atomic mass is 32.1. The average molecular weight is 339 g/mol. The molecule has 4 aliphatic carbocycles. The van der Waals surface area contributed by atoms with Crippen LogP contribution in [0.3, 0.4) is 0 Å². The van der Waals surface area contributed by atoms with Gasteiger partial charge in [-0.2, -0.15) is 0 Å². The zero-order valence-electron chi connectivity index (χ0n) is 12.9. The molecule has 4 saturated carbocycles. The molecule has 6 heteroatoms. The number of hydrogen-bond donors (Lipinski definition) is 4. The predicted octanol–water partition coefficient (Wildman–Crippen LogP) is 2.21. The lowest BCUT2D eigenvalue weighted by atomic mass is 9.95. The minimum atomic E-state index is 0.563. The van der Waals surface area contributed by atoms with Crippen LogP contribution < -0.4 is 21.5 Å². The molecule has 22 heavy (non-hydrogen) atoms. The van der Waals surface area contributed by atoms with Crippen molar-refractivity contribution in [3.8, 4) is 0 Å². The molecule has 0 radical (unpaired) electrons. The normalized spacial score (nSPS) is 41.5. The van der Waals surface area contributed by atoms with Crippen LogP contribution in [-0.4, -0.2) is 22.3 Å². The first-order valence-electron chi connectivity index (χ1n) is 8.80. The van der Waals surface area contributed by atoms with Crippen LogP contribution in [0, 0.1) is 23.7 Å². The van der Waals surface area contributed by atoms with Gasteiger partial charge in [-0.25, -0.2) is 0 Å². The molecular weight excluding hydrogens is 312 g/mol. The van der Waals surface area contributed by atoms with E-state index in [1.54, 1.807) is 0 Å². The van der Waals surface area contributed by atoms with Gasteiger partial charge in [-0.1, -0.05) is 12.8 Å². The molecule has 4 N–H and O–H groups in total. The van der Waals surface area contributed by atoms with E-state index in [0.717, 1.165) is 23.7 Å². The highest BCUT2D eigenvalue weighted by Gasteiger charge is 2.40. The fourth-order valence-corrected chi connectivity index (χ4v) is 5.77. The molecule has 0 aromatic rings. The number of hydrazine groups is 1. The third kappa shape index (κ3) is 3.04. The lowest BCUT2D eigenvalue weighted by Gasteiger charge is -2.26. The molecule has 0 amide bonds. The Kier molecular flexibility index (Phi) is 4.15. The fraction of sp³-hybridized carbons (Fsp3) is 0.875. The van der Waals surface area contributed by atoms with E-state index in [-0.39, 0.29) is 0 Å². The van der Waals surface area contributed by atoms with E-state index in [1.165, 1.54) is 51.4 Å². The molecule has 4 aliphatic rings. The van der Waals surface area contributed by atoms with Crippen molar-refractivity contribution >= 4 is 34.7 Å². The van der Waals surface area contributed by atoms with E-state index >= 15 is 0 Å². The van der Waals surface area contributed by atoms with Crippen LogP contribution in [0.2, 0.25) is 0 Å². The molecule has 0 aliphatic heterocycles. The SMILES string of the molecule is S=C(NNC(=S)N[C@@H]1C[C@@H]2CC[C@@H]1C2)N[C@H]1C[C@@H]2CC[C@H]1C2. The van der Waals surface area contributed by atoms with E-state index in [4.69, 9.17) is 24.4 Å².